The van der Waals surface area contributed by atoms with E-state index in [1.807, 2.05) is 25.4 Å². The molecule has 0 unspecified atom stereocenters. The van der Waals surface area contributed by atoms with Crippen molar-refractivity contribution in [3.63, 3.8) is 0 Å². The number of hydrogen-bond acceptors (Lipinski definition) is 5. The Bertz CT molecular complexity index is 912. The number of halogens is 1. The Morgan fingerprint density at radius 2 is 2.00 bits per heavy atom. The summed E-state index contributed by atoms with van der Waals surface area (Å²) in [6.07, 6.45) is 8.16. The first-order valence-corrected chi connectivity index (χ1v) is 8.25. The molecule has 1 aliphatic rings. The van der Waals surface area contributed by atoms with Gasteiger partial charge in [0.25, 0.3) is 0 Å². The largest absolute Gasteiger partial charge is 0.471 e. The smallest absolute Gasteiger partial charge is 0.214 e. The summed E-state index contributed by atoms with van der Waals surface area (Å²) in [6, 6.07) is 4.82. The zero-order valence-electron chi connectivity index (χ0n) is 13.9. The van der Waals surface area contributed by atoms with Gasteiger partial charge in [0.05, 0.1) is 0 Å². The molecule has 3 heterocycles. The fourth-order valence-electron chi connectivity index (χ4n) is 3.05. The van der Waals surface area contributed by atoms with Crippen molar-refractivity contribution in [3.05, 3.63) is 65.4 Å². The molecule has 126 valence electrons. The fourth-order valence-corrected chi connectivity index (χ4v) is 3.05. The molecular weight excluding hydrogens is 319 g/mol. The van der Waals surface area contributed by atoms with E-state index in [1.54, 1.807) is 12.3 Å². The summed E-state index contributed by atoms with van der Waals surface area (Å²) in [5.41, 5.74) is 4.52. The SMILES string of the molecule is Cc1ncc(-c2cc(OCc3ncccc3F)nc3c2CCC3)cn1. The molecular formula is C19H17FN4O. The maximum Gasteiger partial charge on any atom is 0.214 e. The van der Waals surface area contributed by atoms with Crippen LogP contribution in [0.25, 0.3) is 11.1 Å². The second-order valence-electron chi connectivity index (χ2n) is 6.03. The molecule has 0 radical (unpaired) electrons. The van der Waals surface area contributed by atoms with Crippen LogP contribution in [0.5, 0.6) is 5.88 Å². The highest BCUT2D eigenvalue weighted by Gasteiger charge is 2.20. The van der Waals surface area contributed by atoms with Gasteiger partial charge in [-0.3, -0.25) is 4.98 Å². The molecule has 0 amide bonds. The van der Waals surface area contributed by atoms with Crippen molar-refractivity contribution in [1.29, 1.82) is 0 Å². The molecule has 4 rings (SSSR count). The van der Waals surface area contributed by atoms with E-state index in [2.05, 4.69) is 19.9 Å². The number of ether oxygens (including phenoxy) is 1. The van der Waals surface area contributed by atoms with E-state index in [1.165, 1.54) is 11.6 Å². The van der Waals surface area contributed by atoms with E-state index in [9.17, 15) is 4.39 Å². The number of aryl methyl sites for hydroxylation is 2. The van der Waals surface area contributed by atoms with Gasteiger partial charge in [-0.2, -0.15) is 0 Å². The molecule has 1 aliphatic carbocycles. The fraction of sp³-hybridized carbons (Fsp3) is 0.263. The van der Waals surface area contributed by atoms with Crippen molar-refractivity contribution in [2.24, 2.45) is 0 Å². The lowest BCUT2D eigenvalue weighted by molar-refractivity contribution is 0.282. The van der Waals surface area contributed by atoms with Crippen LogP contribution in [0, 0.1) is 12.7 Å². The highest BCUT2D eigenvalue weighted by molar-refractivity contribution is 5.68. The molecule has 0 fully saturated rings. The molecule has 3 aromatic rings. The van der Waals surface area contributed by atoms with E-state index in [0.717, 1.165) is 41.9 Å². The minimum Gasteiger partial charge on any atom is -0.471 e. The summed E-state index contributed by atoms with van der Waals surface area (Å²) in [6.45, 7) is 1.90. The van der Waals surface area contributed by atoms with Crippen LogP contribution in [-0.4, -0.2) is 19.9 Å². The van der Waals surface area contributed by atoms with Crippen molar-refractivity contribution < 1.29 is 9.13 Å². The number of fused-ring (bicyclic) bond motifs is 1. The first-order valence-electron chi connectivity index (χ1n) is 8.25. The van der Waals surface area contributed by atoms with Crippen LogP contribution < -0.4 is 4.74 Å². The van der Waals surface area contributed by atoms with Gasteiger partial charge in [-0.1, -0.05) is 0 Å². The van der Waals surface area contributed by atoms with Crippen LogP contribution in [0.15, 0.2) is 36.8 Å². The maximum absolute atomic E-state index is 13.7. The molecule has 0 N–H and O–H groups in total. The van der Waals surface area contributed by atoms with Crippen LogP contribution in [0.4, 0.5) is 4.39 Å². The molecule has 0 aromatic carbocycles. The third-order valence-corrected chi connectivity index (χ3v) is 4.31. The summed E-state index contributed by atoms with van der Waals surface area (Å²) < 4.78 is 19.4. The quantitative estimate of drug-likeness (QED) is 0.730. The molecule has 0 spiro atoms. The van der Waals surface area contributed by atoms with Crippen molar-refractivity contribution >= 4 is 0 Å². The first kappa shape index (κ1) is 15.6. The third-order valence-electron chi connectivity index (χ3n) is 4.31. The lowest BCUT2D eigenvalue weighted by atomic mass is 10.0. The first-order chi connectivity index (χ1) is 12.2. The van der Waals surface area contributed by atoms with Gasteiger partial charge in [-0.25, -0.2) is 19.3 Å². The number of hydrogen-bond donors (Lipinski definition) is 0. The van der Waals surface area contributed by atoms with Crippen LogP contribution in [0.3, 0.4) is 0 Å². The van der Waals surface area contributed by atoms with Gasteiger partial charge in [-0.05, 0) is 49.4 Å². The second kappa shape index (κ2) is 6.55. The van der Waals surface area contributed by atoms with Crippen LogP contribution in [0.2, 0.25) is 0 Å². The summed E-state index contributed by atoms with van der Waals surface area (Å²) in [7, 11) is 0. The van der Waals surface area contributed by atoms with E-state index in [4.69, 9.17) is 4.74 Å². The third kappa shape index (κ3) is 3.20. The number of rotatable bonds is 4. The molecule has 5 nitrogen and oxygen atoms in total. The van der Waals surface area contributed by atoms with E-state index in [0.29, 0.717) is 5.88 Å². The standard InChI is InChI=1S/C19H17FN4O/c1-12-22-9-13(10-23-12)15-8-19(24-17-6-2-4-14(15)17)25-11-18-16(20)5-3-7-21-18/h3,5,7-10H,2,4,6,11H2,1H3. The Balaban J connectivity index is 1.66. The molecule has 0 bridgehead atoms. The molecule has 3 aromatic heterocycles. The van der Waals surface area contributed by atoms with Gasteiger partial charge in [0.15, 0.2) is 0 Å². The van der Waals surface area contributed by atoms with Crippen LogP contribution in [0.1, 0.15) is 29.2 Å². The second-order valence-corrected chi connectivity index (χ2v) is 6.03. The van der Waals surface area contributed by atoms with Gasteiger partial charge in [0.2, 0.25) is 5.88 Å². The predicted molar refractivity (Wildman–Crippen MR) is 90.6 cm³/mol. The van der Waals surface area contributed by atoms with Crippen LogP contribution in [-0.2, 0) is 19.4 Å². The van der Waals surface area contributed by atoms with E-state index >= 15 is 0 Å². The summed E-state index contributed by atoms with van der Waals surface area (Å²) in [4.78, 5) is 17.2. The molecule has 6 heteroatoms. The van der Waals surface area contributed by atoms with Crippen LogP contribution >= 0.6 is 0 Å². The van der Waals surface area contributed by atoms with Crippen molar-refractivity contribution in [2.45, 2.75) is 32.8 Å². The maximum atomic E-state index is 13.7. The Morgan fingerprint density at radius 1 is 1.16 bits per heavy atom. The predicted octanol–water partition coefficient (Wildman–Crippen LogP) is 3.45. The van der Waals surface area contributed by atoms with Gasteiger partial charge in [0.1, 0.15) is 23.9 Å². The Labute approximate surface area is 145 Å². The van der Waals surface area contributed by atoms with E-state index in [-0.39, 0.29) is 18.1 Å². The molecule has 0 atom stereocenters. The number of aromatic nitrogens is 4. The zero-order valence-corrected chi connectivity index (χ0v) is 13.9. The Kier molecular flexibility index (Phi) is 4.09. The van der Waals surface area contributed by atoms with Crippen molar-refractivity contribution in [3.8, 4) is 17.0 Å². The Morgan fingerprint density at radius 3 is 2.80 bits per heavy atom. The lowest BCUT2D eigenvalue weighted by Gasteiger charge is -2.12. The van der Waals surface area contributed by atoms with Crippen molar-refractivity contribution in [1.82, 2.24) is 19.9 Å². The lowest BCUT2D eigenvalue weighted by Crippen LogP contribution is -2.04. The monoisotopic (exact) mass is 336 g/mol. The molecule has 0 aliphatic heterocycles. The summed E-state index contributed by atoms with van der Waals surface area (Å²) >= 11 is 0. The minimum atomic E-state index is -0.379. The summed E-state index contributed by atoms with van der Waals surface area (Å²) in [5.74, 6) is 0.827. The van der Waals surface area contributed by atoms with E-state index < -0.39 is 0 Å². The molecule has 0 saturated heterocycles. The average Bonchev–Trinajstić information content (AvgIpc) is 3.10. The van der Waals surface area contributed by atoms with Gasteiger partial charge < -0.3 is 4.74 Å². The molecule has 25 heavy (non-hydrogen) atoms. The number of pyridine rings is 2. The Hall–Kier alpha value is -2.89. The molecule has 0 saturated carbocycles. The normalized spacial score (nSPS) is 12.9. The highest BCUT2D eigenvalue weighted by atomic mass is 19.1. The number of nitrogens with zero attached hydrogens (tertiary/aromatic N) is 4. The van der Waals surface area contributed by atoms with Crippen molar-refractivity contribution in [2.75, 3.05) is 0 Å². The highest BCUT2D eigenvalue weighted by Crippen LogP contribution is 2.33. The zero-order chi connectivity index (χ0) is 17.2. The topological polar surface area (TPSA) is 60.8 Å². The average molecular weight is 336 g/mol. The van der Waals surface area contributed by atoms with Gasteiger partial charge >= 0.3 is 0 Å². The minimum absolute atomic E-state index is 0.0439. The van der Waals surface area contributed by atoms with Gasteiger partial charge in [-0.15, -0.1) is 0 Å². The summed E-state index contributed by atoms with van der Waals surface area (Å²) in [5, 5.41) is 0. The van der Waals surface area contributed by atoms with Gasteiger partial charge in [0, 0.05) is 35.9 Å².